The highest BCUT2D eigenvalue weighted by Gasteiger charge is 2.20. The van der Waals surface area contributed by atoms with E-state index >= 15 is 0 Å². The number of nitrogens with zero attached hydrogens (tertiary/aromatic N) is 2. The molecule has 0 saturated heterocycles. The molecule has 4 aromatic rings. The highest BCUT2D eigenvalue weighted by atomic mass is 32.1. The Balaban J connectivity index is 2.12. The van der Waals surface area contributed by atoms with Crippen molar-refractivity contribution >= 4 is 37.9 Å². The van der Waals surface area contributed by atoms with Gasteiger partial charge < -0.3 is 0 Å². The number of benzene rings is 2. The number of thiophene rings is 1. The standard InChI is InChI=1S/C21H17N2S/c1-13-9-15-7-8-24-20(15)12-19(13)21-18-6-5-17(22-3)11-16(18)10-14(2)23(21)4/h5-12H,1-2,4H3/q+1. The van der Waals surface area contributed by atoms with Crippen LogP contribution in [0.25, 0.3) is 37.0 Å². The molecule has 0 fully saturated rings. The van der Waals surface area contributed by atoms with Crippen molar-refractivity contribution in [2.45, 2.75) is 13.8 Å². The molecule has 116 valence electrons. The van der Waals surface area contributed by atoms with E-state index in [1.54, 1.807) is 11.3 Å². The van der Waals surface area contributed by atoms with E-state index in [4.69, 9.17) is 6.57 Å². The lowest BCUT2D eigenvalue weighted by Crippen LogP contribution is -2.35. The number of rotatable bonds is 1. The molecule has 0 radical (unpaired) electrons. The summed E-state index contributed by atoms with van der Waals surface area (Å²) in [5.74, 6) is 0. The van der Waals surface area contributed by atoms with E-state index in [1.807, 2.05) is 12.1 Å². The van der Waals surface area contributed by atoms with Crippen molar-refractivity contribution in [1.82, 2.24) is 0 Å². The van der Waals surface area contributed by atoms with Crippen molar-refractivity contribution in [2.24, 2.45) is 7.05 Å². The zero-order chi connectivity index (χ0) is 16.8. The van der Waals surface area contributed by atoms with Crippen LogP contribution in [-0.4, -0.2) is 0 Å². The molecular weight excluding hydrogens is 312 g/mol. The zero-order valence-corrected chi connectivity index (χ0v) is 14.7. The molecule has 2 nitrogen and oxygen atoms in total. The molecule has 24 heavy (non-hydrogen) atoms. The monoisotopic (exact) mass is 329 g/mol. The minimum Gasteiger partial charge on any atom is -0.238 e. The first-order valence-electron chi connectivity index (χ1n) is 7.87. The van der Waals surface area contributed by atoms with E-state index in [0.29, 0.717) is 5.69 Å². The average Bonchev–Trinajstić information content (AvgIpc) is 3.02. The predicted octanol–water partition coefficient (Wildman–Crippen LogP) is 5.71. The third-order valence-corrected chi connectivity index (χ3v) is 5.58. The first-order chi connectivity index (χ1) is 11.6. The smallest absolute Gasteiger partial charge is 0.220 e. The molecule has 2 aromatic heterocycles. The van der Waals surface area contributed by atoms with Crippen molar-refractivity contribution in [3.05, 3.63) is 70.5 Å². The van der Waals surface area contributed by atoms with Crippen LogP contribution in [-0.2, 0) is 7.05 Å². The van der Waals surface area contributed by atoms with Gasteiger partial charge in [0.15, 0.2) is 11.4 Å². The van der Waals surface area contributed by atoms with Gasteiger partial charge in [-0.3, -0.25) is 0 Å². The average molecular weight is 329 g/mol. The van der Waals surface area contributed by atoms with Gasteiger partial charge in [-0.2, -0.15) is 4.57 Å². The third kappa shape index (κ3) is 2.19. The number of pyridine rings is 1. The van der Waals surface area contributed by atoms with Gasteiger partial charge in [-0.15, -0.1) is 11.3 Å². The van der Waals surface area contributed by atoms with Gasteiger partial charge in [0.2, 0.25) is 5.69 Å². The van der Waals surface area contributed by atoms with Gasteiger partial charge in [-0.1, -0.05) is 12.1 Å². The molecule has 0 bridgehead atoms. The lowest BCUT2D eigenvalue weighted by molar-refractivity contribution is -0.665. The first kappa shape index (κ1) is 14.9. The largest absolute Gasteiger partial charge is 0.238 e. The number of fused-ring (bicyclic) bond motifs is 2. The summed E-state index contributed by atoms with van der Waals surface area (Å²) in [5.41, 5.74) is 5.63. The Morgan fingerprint density at radius 1 is 1.00 bits per heavy atom. The highest BCUT2D eigenvalue weighted by molar-refractivity contribution is 7.17. The fourth-order valence-corrected chi connectivity index (χ4v) is 4.15. The molecular formula is C21H17N2S+. The number of aryl methyl sites for hydroxylation is 2. The van der Waals surface area contributed by atoms with Gasteiger partial charge in [-0.05, 0) is 52.9 Å². The second kappa shape index (κ2) is 5.43. The number of hydrogen-bond acceptors (Lipinski definition) is 1. The maximum absolute atomic E-state index is 7.26. The minimum atomic E-state index is 0.687. The topological polar surface area (TPSA) is 8.24 Å². The van der Waals surface area contributed by atoms with E-state index in [0.717, 1.165) is 5.39 Å². The molecule has 0 N–H and O–H groups in total. The lowest BCUT2D eigenvalue weighted by atomic mass is 9.97. The quantitative estimate of drug-likeness (QED) is 0.312. The Bertz CT molecular complexity index is 1150. The maximum atomic E-state index is 7.26. The molecule has 2 heterocycles. The Labute approximate surface area is 145 Å². The van der Waals surface area contributed by atoms with Crippen molar-refractivity contribution in [2.75, 3.05) is 0 Å². The second-order valence-corrected chi connectivity index (χ2v) is 7.15. The molecule has 0 unspecified atom stereocenters. The van der Waals surface area contributed by atoms with Crippen LogP contribution in [0.15, 0.2) is 47.8 Å². The molecule has 0 aliphatic carbocycles. The molecule has 0 aliphatic rings. The summed E-state index contributed by atoms with van der Waals surface area (Å²) in [6.07, 6.45) is 0. The van der Waals surface area contributed by atoms with Gasteiger partial charge in [0.05, 0.1) is 17.5 Å². The number of aromatic nitrogens is 1. The van der Waals surface area contributed by atoms with Crippen molar-refractivity contribution in [3.63, 3.8) is 0 Å². The van der Waals surface area contributed by atoms with Gasteiger partial charge in [0, 0.05) is 17.7 Å². The van der Waals surface area contributed by atoms with Crippen LogP contribution in [0.2, 0.25) is 0 Å². The van der Waals surface area contributed by atoms with E-state index < -0.39 is 0 Å². The number of hydrogen-bond donors (Lipinski definition) is 0. The fourth-order valence-electron chi connectivity index (χ4n) is 3.34. The summed E-state index contributed by atoms with van der Waals surface area (Å²) in [5, 5.41) is 5.76. The summed E-state index contributed by atoms with van der Waals surface area (Å²) < 4.78 is 3.56. The van der Waals surface area contributed by atoms with Crippen molar-refractivity contribution in [3.8, 4) is 11.3 Å². The van der Waals surface area contributed by atoms with Gasteiger partial charge >= 0.3 is 0 Å². The SMILES string of the molecule is [C-]#[N+]c1ccc2c(-c3cc4sccc4cc3C)[n+](C)c(C)cc2c1. The van der Waals surface area contributed by atoms with Crippen LogP contribution in [0.1, 0.15) is 11.3 Å². The minimum absolute atomic E-state index is 0.687. The summed E-state index contributed by atoms with van der Waals surface area (Å²) in [6.45, 7) is 11.6. The zero-order valence-electron chi connectivity index (χ0n) is 13.9. The summed E-state index contributed by atoms with van der Waals surface area (Å²) in [6, 6.07) is 14.9. The Hall–Kier alpha value is -2.70. The molecule has 0 amide bonds. The molecule has 4 rings (SSSR count). The van der Waals surface area contributed by atoms with E-state index in [9.17, 15) is 0 Å². The maximum Gasteiger partial charge on any atom is 0.220 e. The second-order valence-electron chi connectivity index (χ2n) is 6.20. The predicted molar refractivity (Wildman–Crippen MR) is 102 cm³/mol. The molecule has 0 aliphatic heterocycles. The van der Waals surface area contributed by atoms with E-state index in [-0.39, 0.29) is 0 Å². The Morgan fingerprint density at radius 2 is 1.83 bits per heavy atom. The van der Waals surface area contributed by atoms with Crippen LogP contribution >= 0.6 is 11.3 Å². The fraction of sp³-hybridized carbons (Fsp3) is 0.143. The summed E-state index contributed by atoms with van der Waals surface area (Å²) in [7, 11) is 2.12. The van der Waals surface area contributed by atoms with Crippen molar-refractivity contribution in [1.29, 1.82) is 0 Å². The van der Waals surface area contributed by atoms with E-state index in [2.05, 4.69) is 66.0 Å². The van der Waals surface area contributed by atoms with Crippen LogP contribution in [0.4, 0.5) is 5.69 Å². The lowest BCUT2D eigenvalue weighted by Gasteiger charge is -2.10. The third-order valence-electron chi connectivity index (χ3n) is 4.70. The van der Waals surface area contributed by atoms with E-state index in [1.165, 1.54) is 38.0 Å². The summed E-state index contributed by atoms with van der Waals surface area (Å²) in [4.78, 5) is 3.57. The molecule has 0 spiro atoms. The molecule has 2 aromatic carbocycles. The van der Waals surface area contributed by atoms with Crippen LogP contribution in [0, 0.1) is 20.4 Å². The normalized spacial score (nSPS) is 11.1. The van der Waals surface area contributed by atoms with Gasteiger partial charge in [0.1, 0.15) is 7.05 Å². The van der Waals surface area contributed by atoms with Crippen LogP contribution in [0.3, 0.4) is 0 Å². The van der Waals surface area contributed by atoms with Crippen LogP contribution < -0.4 is 4.57 Å². The first-order valence-corrected chi connectivity index (χ1v) is 8.75. The van der Waals surface area contributed by atoms with Crippen LogP contribution in [0.5, 0.6) is 0 Å². The Morgan fingerprint density at radius 3 is 2.62 bits per heavy atom. The highest BCUT2D eigenvalue weighted by Crippen LogP contribution is 2.34. The Kier molecular flexibility index (Phi) is 3.37. The molecule has 0 atom stereocenters. The summed E-state index contributed by atoms with van der Waals surface area (Å²) >= 11 is 1.78. The molecule has 3 heteroatoms. The van der Waals surface area contributed by atoms with Crippen molar-refractivity contribution < 1.29 is 4.57 Å². The van der Waals surface area contributed by atoms with Gasteiger partial charge in [-0.25, -0.2) is 4.85 Å². The molecule has 0 saturated carbocycles. The van der Waals surface area contributed by atoms with Gasteiger partial charge in [0.25, 0.3) is 0 Å².